The van der Waals surface area contributed by atoms with E-state index in [1.165, 1.54) is 19.1 Å². The molecule has 2 aliphatic rings. The van der Waals surface area contributed by atoms with Gasteiger partial charge in [-0.3, -0.25) is 9.59 Å². The van der Waals surface area contributed by atoms with Crippen molar-refractivity contribution in [2.45, 2.75) is 12.6 Å². The summed E-state index contributed by atoms with van der Waals surface area (Å²) in [6.07, 6.45) is 0. The lowest BCUT2D eigenvalue weighted by Gasteiger charge is -2.26. The summed E-state index contributed by atoms with van der Waals surface area (Å²) >= 11 is 0. The van der Waals surface area contributed by atoms with Crippen molar-refractivity contribution in [2.75, 3.05) is 34.5 Å². The van der Waals surface area contributed by atoms with Crippen LogP contribution in [0.15, 0.2) is 66.2 Å². The van der Waals surface area contributed by atoms with Crippen molar-refractivity contribution in [2.24, 2.45) is 0 Å². The number of benzene rings is 3. The first kappa shape index (κ1) is 25.0. The average molecular weight is 518 g/mol. The van der Waals surface area contributed by atoms with Gasteiger partial charge >= 0.3 is 0 Å². The number of ether oxygens (including phenoxy) is 5. The number of fused-ring (bicyclic) bond motifs is 1. The minimum Gasteiger partial charge on any atom is -0.507 e. The van der Waals surface area contributed by atoms with Crippen LogP contribution in [0.4, 0.5) is 0 Å². The zero-order valence-corrected chi connectivity index (χ0v) is 21.2. The molecule has 0 saturated carbocycles. The molecule has 0 spiro atoms. The Morgan fingerprint density at radius 3 is 2.26 bits per heavy atom. The van der Waals surface area contributed by atoms with Crippen LogP contribution in [0, 0.1) is 0 Å². The topological polar surface area (TPSA) is 104 Å². The second kappa shape index (κ2) is 10.4. The van der Waals surface area contributed by atoms with E-state index in [2.05, 4.69) is 0 Å². The highest BCUT2D eigenvalue weighted by molar-refractivity contribution is 6.46. The Hall–Kier alpha value is -4.66. The molecule has 1 fully saturated rings. The van der Waals surface area contributed by atoms with Gasteiger partial charge in [0.15, 0.2) is 23.0 Å². The van der Waals surface area contributed by atoms with Gasteiger partial charge in [-0.25, -0.2) is 0 Å². The van der Waals surface area contributed by atoms with Gasteiger partial charge in [0.2, 0.25) is 0 Å². The quantitative estimate of drug-likeness (QED) is 0.284. The summed E-state index contributed by atoms with van der Waals surface area (Å²) in [5.74, 6) is 0.878. The van der Waals surface area contributed by atoms with E-state index in [0.717, 1.165) is 5.56 Å². The molecule has 1 saturated heterocycles. The van der Waals surface area contributed by atoms with Gasteiger partial charge in [0.25, 0.3) is 11.7 Å². The molecule has 1 N–H and O–H groups in total. The van der Waals surface area contributed by atoms with Crippen LogP contribution < -0.4 is 23.7 Å². The molecule has 1 atom stereocenters. The van der Waals surface area contributed by atoms with Crippen molar-refractivity contribution in [1.82, 2.24) is 4.90 Å². The van der Waals surface area contributed by atoms with Crippen molar-refractivity contribution >= 4 is 17.4 Å². The summed E-state index contributed by atoms with van der Waals surface area (Å²) in [4.78, 5) is 28.2. The Kier molecular flexibility index (Phi) is 6.83. The zero-order chi connectivity index (χ0) is 26.8. The molecule has 0 bridgehead atoms. The highest BCUT2D eigenvalue weighted by Gasteiger charge is 2.46. The van der Waals surface area contributed by atoms with Gasteiger partial charge < -0.3 is 33.7 Å². The molecule has 2 heterocycles. The molecule has 38 heavy (non-hydrogen) atoms. The molecule has 9 nitrogen and oxygen atoms in total. The smallest absolute Gasteiger partial charge is 0.295 e. The van der Waals surface area contributed by atoms with Gasteiger partial charge in [-0.05, 0) is 53.6 Å². The van der Waals surface area contributed by atoms with Crippen molar-refractivity contribution in [1.29, 1.82) is 0 Å². The number of aliphatic hydroxyl groups excluding tert-OH is 1. The van der Waals surface area contributed by atoms with Crippen LogP contribution in [-0.4, -0.2) is 56.2 Å². The summed E-state index contributed by atoms with van der Waals surface area (Å²) in [5, 5.41) is 11.4. The first-order valence-corrected chi connectivity index (χ1v) is 12.0. The lowest BCUT2D eigenvalue weighted by atomic mass is 9.95. The second-order valence-electron chi connectivity index (χ2n) is 8.75. The summed E-state index contributed by atoms with van der Waals surface area (Å²) in [6.45, 7) is 0.898. The van der Waals surface area contributed by atoms with E-state index in [0.29, 0.717) is 53.1 Å². The first-order chi connectivity index (χ1) is 18.4. The Balaban J connectivity index is 1.61. The summed E-state index contributed by atoms with van der Waals surface area (Å²) < 4.78 is 27.2. The molecule has 5 rings (SSSR count). The number of aliphatic hydroxyl groups is 1. The third-order valence-corrected chi connectivity index (χ3v) is 6.59. The zero-order valence-electron chi connectivity index (χ0n) is 21.2. The lowest BCUT2D eigenvalue weighted by molar-refractivity contribution is -0.140. The van der Waals surface area contributed by atoms with E-state index in [4.69, 9.17) is 23.7 Å². The van der Waals surface area contributed by atoms with E-state index in [1.807, 2.05) is 0 Å². The number of carbonyl (C=O) groups excluding carboxylic acids is 2. The number of Topliss-reactive ketones (excluding diaryl/α,β-unsaturated/α-hetero) is 1. The fraction of sp³-hybridized carbons (Fsp3) is 0.241. The lowest BCUT2D eigenvalue weighted by Crippen LogP contribution is -2.29. The minimum atomic E-state index is -0.845. The monoisotopic (exact) mass is 517 g/mol. The van der Waals surface area contributed by atoms with Crippen LogP contribution in [0.3, 0.4) is 0 Å². The van der Waals surface area contributed by atoms with E-state index in [-0.39, 0.29) is 17.9 Å². The van der Waals surface area contributed by atoms with Crippen molar-refractivity contribution < 1.29 is 38.4 Å². The van der Waals surface area contributed by atoms with Crippen LogP contribution in [0.25, 0.3) is 5.76 Å². The molecule has 3 aromatic carbocycles. The number of hydrogen-bond donors (Lipinski definition) is 1. The van der Waals surface area contributed by atoms with Gasteiger partial charge in [0.1, 0.15) is 24.7 Å². The predicted octanol–water partition coefficient (Wildman–Crippen LogP) is 4.11. The third kappa shape index (κ3) is 4.47. The molecule has 0 aromatic heterocycles. The molecule has 3 aromatic rings. The maximum Gasteiger partial charge on any atom is 0.295 e. The number of likely N-dealkylation sites (tertiary alicyclic amines) is 1. The highest BCUT2D eigenvalue weighted by atomic mass is 16.6. The molecule has 9 heteroatoms. The second-order valence-corrected chi connectivity index (χ2v) is 8.75. The van der Waals surface area contributed by atoms with Crippen LogP contribution in [0.5, 0.6) is 28.7 Å². The minimum absolute atomic E-state index is 0.0164. The third-order valence-electron chi connectivity index (χ3n) is 6.59. The summed E-state index contributed by atoms with van der Waals surface area (Å²) in [5.41, 5.74) is 1.70. The Bertz CT molecular complexity index is 1410. The molecular formula is C29H27NO8. The Morgan fingerprint density at radius 1 is 0.868 bits per heavy atom. The SMILES string of the molecule is COc1ccc(C2/C(=C(/O)c3ccc4c(c3)OCCO4)C(=O)C(=O)N2Cc2ccc(OC)c(OC)c2)cc1. The van der Waals surface area contributed by atoms with Crippen molar-refractivity contribution in [3.63, 3.8) is 0 Å². The first-order valence-electron chi connectivity index (χ1n) is 12.0. The van der Waals surface area contributed by atoms with Crippen LogP contribution in [-0.2, 0) is 16.1 Å². The van der Waals surface area contributed by atoms with Gasteiger partial charge in [-0.15, -0.1) is 0 Å². The summed E-state index contributed by atoms with van der Waals surface area (Å²) in [7, 11) is 4.62. The van der Waals surface area contributed by atoms with Gasteiger partial charge in [0.05, 0.1) is 32.9 Å². The molecular weight excluding hydrogens is 490 g/mol. The standard InChI is InChI=1S/C29H27NO8/c1-34-20-8-5-18(6-9-20)26-25(27(31)19-7-11-22-24(15-19)38-13-12-37-22)28(32)29(33)30(26)16-17-4-10-21(35-2)23(14-17)36-3/h4-11,14-15,26,31H,12-13,16H2,1-3H3/b27-25-. The number of hydrogen-bond acceptors (Lipinski definition) is 8. The number of methoxy groups -OCH3 is 3. The van der Waals surface area contributed by atoms with Crippen molar-refractivity contribution in [3.05, 3.63) is 82.9 Å². The van der Waals surface area contributed by atoms with E-state index >= 15 is 0 Å². The number of carbonyl (C=O) groups is 2. The molecule has 1 unspecified atom stereocenters. The molecule has 0 aliphatic carbocycles. The maximum atomic E-state index is 13.4. The van der Waals surface area contributed by atoms with E-state index in [1.54, 1.807) is 67.8 Å². The van der Waals surface area contributed by atoms with E-state index < -0.39 is 17.7 Å². The van der Waals surface area contributed by atoms with Gasteiger partial charge in [0, 0.05) is 12.1 Å². The van der Waals surface area contributed by atoms with E-state index in [9.17, 15) is 14.7 Å². The number of amides is 1. The van der Waals surface area contributed by atoms with Crippen LogP contribution in [0.2, 0.25) is 0 Å². The normalized spacial score (nSPS) is 17.9. The van der Waals surface area contributed by atoms with Gasteiger partial charge in [-0.2, -0.15) is 0 Å². The molecule has 1 amide bonds. The maximum absolute atomic E-state index is 13.4. The molecule has 0 radical (unpaired) electrons. The van der Waals surface area contributed by atoms with Crippen LogP contribution in [0.1, 0.15) is 22.7 Å². The fourth-order valence-corrected chi connectivity index (χ4v) is 4.70. The average Bonchev–Trinajstić information content (AvgIpc) is 3.21. The fourth-order valence-electron chi connectivity index (χ4n) is 4.70. The molecule has 2 aliphatic heterocycles. The van der Waals surface area contributed by atoms with Gasteiger partial charge in [-0.1, -0.05) is 18.2 Å². The van der Waals surface area contributed by atoms with Crippen LogP contribution >= 0.6 is 0 Å². The number of nitrogens with zero attached hydrogens (tertiary/aromatic N) is 1. The number of ketones is 1. The highest BCUT2D eigenvalue weighted by Crippen LogP contribution is 2.42. The predicted molar refractivity (Wildman–Crippen MR) is 138 cm³/mol. The van der Waals surface area contributed by atoms with Crippen molar-refractivity contribution in [3.8, 4) is 28.7 Å². The largest absolute Gasteiger partial charge is 0.507 e. The summed E-state index contributed by atoms with van der Waals surface area (Å²) in [6, 6.07) is 16.4. The number of rotatable bonds is 7. The molecule has 196 valence electrons. The Labute approximate surface area is 219 Å². The Morgan fingerprint density at radius 2 is 1.58 bits per heavy atom.